The number of amides is 4. The second kappa shape index (κ2) is 7.66. The predicted octanol–water partition coefficient (Wildman–Crippen LogP) is 2.46. The van der Waals surface area contributed by atoms with Gasteiger partial charge in [0.15, 0.2) is 0 Å². The fourth-order valence-corrected chi connectivity index (χ4v) is 3.24. The number of carbonyl (C=O) groups excluding carboxylic acids is 3. The van der Waals surface area contributed by atoms with Gasteiger partial charge in [-0.25, -0.2) is 4.79 Å². The maximum Gasteiger partial charge on any atom is 0.325 e. The monoisotopic (exact) mass is 394 g/mol. The highest BCUT2D eigenvalue weighted by atomic mass is 16.2. The minimum atomic E-state index is -1.20. The smallest absolute Gasteiger partial charge is 0.325 e. The zero-order valence-electron chi connectivity index (χ0n) is 17.2. The summed E-state index contributed by atoms with van der Waals surface area (Å²) in [4.78, 5) is 42.6. The molecule has 29 heavy (non-hydrogen) atoms. The van der Waals surface area contributed by atoms with Gasteiger partial charge in [-0.05, 0) is 35.1 Å². The summed E-state index contributed by atoms with van der Waals surface area (Å²) >= 11 is 0. The third-order valence-electron chi connectivity index (χ3n) is 5.12. The van der Waals surface area contributed by atoms with Gasteiger partial charge in [0.05, 0.1) is 0 Å². The van der Waals surface area contributed by atoms with Gasteiger partial charge in [0.1, 0.15) is 12.1 Å². The van der Waals surface area contributed by atoms with E-state index in [-0.39, 0.29) is 18.5 Å². The third kappa shape index (κ3) is 4.29. The molecule has 2 aromatic rings. The van der Waals surface area contributed by atoms with Gasteiger partial charge < -0.3 is 10.6 Å². The molecular formula is C22H26N4O3. The quantitative estimate of drug-likeness (QED) is 0.762. The average Bonchev–Trinajstić information content (AvgIpc) is 2.91. The Morgan fingerprint density at radius 2 is 1.86 bits per heavy atom. The molecule has 1 fully saturated rings. The number of aromatic nitrogens is 1. The molecule has 0 saturated carbocycles. The van der Waals surface area contributed by atoms with E-state index in [1.54, 1.807) is 25.4 Å². The fourth-order valence-electron chi connectivity index (χ4n) is 3.24. The van der Waals surface area contributed by atoms with E-state index in [1.807, 2.05) is 30.3 Å². The average molecular weight is 394 g/mol. The van der Waals surface area contributed by atoms with Gasteiger partial charge in [-0.2, -0.15) is 0 Å². The molecule has 3 rings (SSSR count). The standard InChI is InChI=1S/C22H26N4O3/c1-21(2,3)16-7-9-17(10-8-16)22(4)19(28)26(20(29)25-22)14-18(27)24-13-15-6-5-11-23-12-15/h5-12H,13-14H2,1-4H3,(H,24,27)(H,25,29). The number of urea groups is 1. The molecule has 0 aliphatic carbocycles. The van der Waals surface area contributed by atoms with Crippen LogP contribution in [0.2, 0.25) is 0 Å². The van der Waals surface area contributed by atoms with E-state index in [0.717, 1.165) is 16.0 Å². The molecule has 1 unspecified atom stereocenters. The van der Waals surface area contributed by atoms with Crippen LogP contribution in [0.1, 0.15) is 44.4 Å². The van der Waals surface area contributed by atoms with Crippen molar-refractivity contribution in [1.82, 2.24) is 20.5 Å². The number of nitrogens with one attached hydrogen (secondary N) is 2. The Kier molecular flexibility index (Phi) is 5.42. The molecule has 1 saturated heterocycles. The van der Waals surface area contributed by atoms with Crippen molar-refractivity contribution < 1.29 is 14.4 Å². The van der Waals surface area contributed by atoms with Crippen molar-refractivity contribution in [3.63, 3.8) is 0 Å². The Morgan fingerprint density at radius 1 is 1.17 bits per heavy atom. The lowest BCUT2D eigenvalue weighted by atomic mass is 9.84. The molecular weight excluding hydrogens is 368 g/mol. The first-order valence-electron chi connectivity index (χ1n) is 9.52. The lowest BCUT2D eigenvalue weighted by Gasteiger charge is -2.24. The second-order valence-electron chi connectivity index (χ2n) is 8.41. The van der Waals surface area contributed by atoms with Gasteiger partial charge in [-0.15, -0.1) is 0 Å². The van der Waals surface area contributed by atoms with Crippen LogP contribution in [0.15, 0.2) is 48.8 Å². The van der Waals surface area contributed by atoms with E-state index in [4.69, 9.17) is 0 Å². The van der Waals surface area contributed by atoms with Gasteiger partial charge in [-0.3, -0.25) is 19.5 Å². The van der Waals surface area contributed by atoms with Crippen molar-refractivity contribution in [3.05, 3.63) is 65.5 Å². The molecule has 4 amide bonds. The van der Waals surface area contributed by atoms with Gasteiger partial charge in [0.2, 0.25) is 5.91 Å². The first-order valence-corrected chi connectivity index (χ1v) is 9.52. The van der Waals surface area contributed by atoms with Crippen molar-refractivity contribution in [3.8, 4) is 0 Å². The van der Waals surface area contributed by atoms with E-state index < -0.39 is 23.4 Å². The molecule has 0 spiro atoms. The van der Waals surface area contributed by atoms with Crippen molar-refractivity contribution >= 4 is 17.8 Å². The van der Waals surface area contributed by atoms with Gasteiger partial charge in [0.25, 0.3) is 5.91 Å². The van der Waals surface area contributed by atoms with Crippen LogP contribution >= 0.6 is 0 Å². The Balaban J connectivity index is 1.69. The lowest BCUT2D eigenvalue weighted by molar-refractivity contribution is -0.134. The molecule has 0 radical (unpaired) electrons. The van der Waals surface area contributed by atoms with Crippen LogP contribution in [-0.2, 0) is 27.1 Å². The molecule has 0 bridgehead atoms. The second-order valence-corrected chi connectivity index (χ2v) is 8.41. The van der Waals surface area contributed by atoms with Crippen LogP contribution in [0, 0.1) is 0 Å². The van der Waals surface area contributed by atoms with E-state index in [9.17, 15) is 14.4 Å². The number of nitrogens with zero attached hydrogens (tertiary/aromatic N) is 2. The molecule has 1 atom stereocenters. The lowest BCUT2D eigenvalue weighted by Crippen LogP contribution is -2.43. The van der Waals surface area contributed by atoms with E-state index in [2.05, 4.69) is 36.4 Å². The van der Waals surface area contributed by atoms with Crippen LogP contribution in [-0.4, -0.2) is 34.3 Å². The first-order chi connectivity index (χ1) is 13.6. The Hall–Kier alpha value is -3.22. The van der Waals surface area contributed by atoms with Crippen LogP contribution in [0.3, 0.4) is 0 Å². The molecule has 1 aromatic heterocycles. The third-order valence-corrected chi connectivity index (χ3v) is 5.12. The number of imide groups is 1. The number of rotatable bonds is 5. The summed E-state index contributed by atoms with van der Waals surface area (Å²) in [6, 6.07) is 10.7. The molecule has 2 N–H and O–H groups in total. The van der Waals surface area contributed by atoms with Gasteiger partial charge >= 0.3 is 6.03 Å². The predicted molar refractivity (Wildman–Crippen MR) is 109 cm³/mol. The molecule has 7 heteroatoms. The number of carbonyl (C=O) groups is 3. The molecule has 2 heterocycles. The highest BCUT2D eigenvalue weighted by molar-refractivity contribution is 6.09. The Labute approximate surface area is 170 Å². The summed E-state index contributed by atoms with van der Waals surface area (Å²) in [6.45, 7) is 7.93. The Bertz CT molecular complexity index is 919. The van der Waals surface area contributed by atoms with Crippen molar-refractivity contribution in [1.29, 1.82) is 0 Å². The maximum atomic E-state index is 13.0. The van der Waals surface area contributed by atoms with Crippen LogP contribution < -0.4 is 10.6 Å². The van der Waals surface area contributed by atoms with Crippen LogP contribution in [0.25, 0.3) is 0 Å². The van der Waals surface area contributed by atoms with Crippen molar-refractivity contribution in [2.24, 2.45) is 0 Å². The number of pyridine rings is 1. The SMILES string of the molecule is CC(C)(C)c1ccc(C2(C)NC(=O)N(CC(=O)NCc3cccnc3)C2=O)cc1. The molecule has 152 valence electrons. The number of benzene rings is 1. The molecule has 7 nitrogen and oxygen atoms in total. The number of hydrogen-bond donors (Lipinski definition) is 2. The summed E-state index contributed by atoms with van der Waals surface area (Å²) in [7, 11) is 0. The van der Waals surface area contributed by atoms with Gasteiger partial charge in [0, 0.05) is 18.9 Å². The van der Waals surface area contributed by atoms with Crippen LogP contribution in [0.5, 0.6) is 0 Å². The van der Waals surface area contributed by atoms with Crippen LogP contribution in [0.4, 0.5) is 4.79 Å². The normalized spacial score (nSPS) is 19.2. The summed E-state index contributed by atoms with van der Waals surface area (Å²) in [5.74, 6) is -0.854. The minimum Gasteiger partial charge on any atom is -0.350 e. The zero-order valence-corrected chi connectivity index (χ0v) is 17.2. The summed E-state index contributed by atoms with van der Waals surface area (Å²) < 4.78 is 0. The zero-order chi connectivity index (χ0) is 21.2. The molecule has 1 aliphatic rings. The number of hydrogen-bond acceptors (Lipinski definition) is 4. The molecule has 1 aliphatic heterocycles. The summed E-state index contributed by atoms with van der Waals surface area (Å²) in [5.41, 5.74) is 1.44. The largest absolute Gasteiger partial charge is 0.350 e. The minimum absolute atomic E-state index is 0.0131. The Morgan fingerprint density at radius 3 is 2.45 bits per heavy atom. The van der Waals surface area contributed by atoms with E-state index in [0.29, 0.717) is 5.56 Å². The summed E-state index contributed by atoms with van der Waals surface area (Å²) in [5, 5.41) is 5.44. The molecule has 1 aromatic carbocycles. The highest BCUT2D eigenvalue weighted by Gasteiger charge is 2.49. The highest BCUT2D eigenvalue weighted by Crippen LogP contribution is 2.31. The van der Waals surface area contributed by atoms with E-state index >= 15 is 0 Å². The fraction of sp³-hybridized carbons (Fsp3) is 0.364. The topological polar surface area (TPSA) is 91.4 Å². The first kappa shape index (κ1) is 20.5. The maximum absolute atomic E-state index is 13.0. The van der Waals surface area contributed by atoms with Crippen molar-refractivity contribution in [2.45, 2.75) is 45.2 Å². The van der Waals surface area contributed by atoms with E-state index in [1.165, 1.54) is 0 Å². The van der Waals surface area contributed by atoms with Crippen molar-refractivity contribution in [2.75, 3.05) is 6.54 Å². The summed E-state index contributed by atoms with van der Waals surface area (Å²) in [6.07, 6.45) is 3.29. The van der Waals surface area contributed by atoms with Gasteiger partial charge in [-0.1, -0.05) is 51.1 Å².